The van der Waals surface area contributed by atoms with Crippen molar-refractivity contribution in [2.45, 2.75) is 19.4 Å². The fourth-order valence-electron chi connectivity index (χ4n) is 4.13. The van der Waals surface area contributed by atoms with Gasteiger partial charge >= 0.3 is 5.97 Å². The van der Waals surface area contributed by atoms with Crippen LogP contribution < -0.4 is 0 Å². The first kappa shape index (κ1) is 21.3. The summed E-state index contributed by atoms with van der Waals surface area (Å²) < 4.78 is 7.20. The van der Waals surface area contributed by atoms with E-state index in [1.54, 1.807) is 6.92 Å². The standard InChI is InChI=1S/C28H26N2O2/c1-3-32-27(31)19-22(2)26-20-30(21-29-26)28(23-13-7-4-8-14-23,24-15-9-5-10-16-24)25-17-11-6-12-18-25/h4-21H,3H2,1-2H3/b22-19-. The molecule has 0 bridgehead atoms. The maximum atomic E-state index is 12.0. The van der Waals surface area contributed by atoms with Gasteiger partial charge in [-0.05, 0) is 36.1 Å². The summed E-state index contributed by atoms with van der Waals surface area (Å²) >= 11 is 0. The summed E-state index contributed by atoms with van der Waals surface area (Å²) in [6.45, 7) is 4.01. The number of esters is 1. The van der Waals surface area contributed by atoms with Crippen LogP contribution in [0.4, 0.5) is 0 Å². The smallest absolute Gasteiger partial charge is 0.331 e. The van der Waals surface area contributed by atoms with E-state index in [1.165, 1.54) is 6.08 Å². The maximum absolute atomic E-state index is 12.0. The zero-order valence-corrected chi connectivity index (χ0v) is 18.3. The van der Waals surface area contributed by atoms with Crippen molar-refractivity contribution < 1.29 is 9.53 Å². The zero-order valence-electron chi connectivity index (χ0n) is 18.3. The van der Waals surface area contributed by atoms with Crippen LogP contribution in [0.2, 0.25) is 0 Å². The molecule has 0 fully saturated rings. The quantitative estimate of drug-likeness (QED) is 0.218. The molecule has 3 aromatic carbocycles. The van der Waals surface area contributed by atoms with Crippen molar-refractivity contribution in [2.24, 2.45) is 0 Å². The normalized spacial score (nSPS) is 11.9. The molecule has 160 valence electrons. The molecule has 0 saturated heterocycles. The number of aromatic nitrogens is 2. The molecule has 0 N–H and O–H groups in total. The Morgan fingerprint density at radius 3 is 1.78 bits per heavy atom. The Kier molecular flexibility index (Phi) is 6.31. The highest BCUT2D eigenvalue weighted by Gasteiger charge is 2.38. The summed E-state index contributed by atoms with van der Waals surface area (Å²) in [6, 6.07) is 31.2. The van der Waals surface area contributed by atoms with Crippen molar-refractivity contribution in [3.63, 3.8) is 0 Å². The molecule has 1 aromatic heterocycles. The average Bonchev–Trinajstić information content (AvgIpc) is 3.33. The molecule has 1 heterocycles. The molecule has 0 aliphatic carbocycles. The van der Waals surface area contributed by atoms with Gasteiger partial charge in [-0.3, -0.25) is 0 Å². The summed E-state index contributed by atoms with van der Waals surface area (Å²) in [5, 5.41) is 0. The molecular formula is C28H26N2O2. The van der Waals surface area contributed by atoms with Crippen LogP contribution in [0, 0.1) is 0 Å². The number of allylic oxidation sites excluding steroid dienone is 1. The highest BCUT2D eigenvalue weighted by molar-refractivity contribution is 5.90. The molecule has 4 aromatic rings. The highest BCUT2D eigenvalue weighted by Crippen LogP contribution is 2.41. The summed E-state index contributed by atoms with van der Waals surface area (Å²) in [7, 11) is 0. The zero-order chi connectivity index (χ0) is 22.4. The van der Waals surface area contributed by atoms with E-state index in [1.807, 2.05) is 37.6 Å². The third kappa shape index (κ3) is 4.00. The first-order chi connectivity index (χ1) is 15.7. The van der Waals surface area contributed by atoms with E-state index in [0.717, 1.165) is 28.0 Å². The minimum absolute atomic E-state index is 0.343. The van der Waals surface area contributed by atoms with E-state index in [2.05, 4.69) is 82.3 Å². The lowest BCUT2D eigenvalue weighted by Gasteiger charge is -2.37. The van der Waals surface area contributed by atoms with Crippen molar-refractivity contribution in [1.29, 1.82) is 0 Å². The molecule has 0 aliphatic heterocycles. The van der Waals surface area contributed by atoms with Crippen LogP contribution in [-0.4, -0.2) is 22.1 Å². The van der Waals surface area contributed by atoms with Gasteiger partial charge in [0, 0.05) is 12.3 Å². The SMILES string of the molecule is CCOC(=O)/C=C(/C)c1cn(C(c2ccccc2)(c2ccccc2)c2ccccc2)cn1. The summed E-state index contributed by atoms with van der Waals surface area (Å²) in [5.41, 5.74) is 4.21. The predicted octanol–water partition coefficient (Wildman–Crippen LogP) is 5.69. The van der Waals surface area contributed by atoms with Crippen molar-refractivity contribution in [3.8, 4) is 0 Å². The fraction of sp³-hybridized carbons (Fsp3) is 0.143. The minimum atomic E-state index is -0.626. The molecule has 4 nitrogen and oxygen atoms in total. The number of rotatable bonds is 7. The number of nitrogens with zero attached hydrogens (tertiary/aromatic N) is 2. The van der Waals surface area contributed by atoms with Gasteiger partial charge in [0.15, 0.2) is 0 Å². The second-order valence-corrected chi connectivity index (χ2v) is 7.55. The lowest BCUT2D eigenvalue weighted by atomic mass is 9.77. The molecule has 0 saturated carbocycles. The molecule has 0 amide bonds. The Balaban J connectivity index is 1.96. The van der Waals surface area contributed by atoms with Gasteiger partial charge in [0.1, 0.15) is 5.54 Å². The highest BCUT2D eigenvalue weighted by atomic mass is 16.5. The number of carbonyl (C=O) groups is 1. The lowest BCUT2D eigenvalue weighted by molar-refractivity contribution is -0.137. The molecule has 0 spiro atoms. The molecule has 4 rings (SSSR count). The molecule has 0 aliphatic rings. The predicted molar refractivity (Wildman–Crippen MR) is 127 cm³/mol. The second kappa shape index (κ2) is 9.48. The van der Waals surface area contributed by atoms with Crippen LogP contribution in [0.15, 0.2) is 110 Å². The number of hydrogen-bond acceptors (Lipinski definition) is 3. The van der Waals surface area contributed by atoms with Gasteiger partial charge in [0.05, 0.1) is 18.6 Å². The van der Waals surface area contributed by atoms with E-state index in [9.17, 15) is 4.79 Å². The number of hydrogen-bond donors (Lipinski definition) is 0. The monoisotopic (exact) mass is 422 g/mol. The number of ether oxygens (including phenoxy) is 1. The van der Waals surface area contributed by atoms with E-state index >= 15 is 0 Å². The fourth-order valence-corrected chi connectivity index (χ4v) is 4.13. The Labute approximate surface area is 188 Å². The number of imidazole rings is 1. The van der Waals surface area contributed by atoms with E-state index in [4.69, 9.17) is 4.74 Å². The Bertz CT molecular complexity index is 1100. The molecule has 0 atom stereocenters. The van der Waals surface area contributed by atoms with Crippen molar-refractivity contribution in [3.05, 3.63) is 132 Å². The van der Waals surface area contributed by atoms with Crippen LogP contribution >= 0.6 is 0 Å². The van der Waals surface area contributed by atoms with Gasteiger partial charge in [0.2, 0.25) is 0 Å². The maximum Gasteiger partial charge on any atom is 0.331 e. The lowest BCUT2D eigenvalue weighted by Crippen LogP contribution is -2.36. The van der Waals surface area contributed by atoms with Crippen molar-refractivity contribution in [1.82, 2.24) is 9.55 Å². The topological polar surface area (TPSA) is 44.1 Å². The van der Waals surface area contributed by atoms with Crippen molar-refractivity contribution >= 4 is 11.5 Å². The molecule has 0 radical (unpaired) electrons. The Morgan fingerprint density at radius 1 is 0.875 bits per heavy atom. The largest absolute Gasteiger partial charge is 0.463 e. The van der Waals surface area contributed by atoms with E-state index in [-0.39, 0.29) is 5.97 Å². The average molecular weight is 423 g/mol. The van der Waals surface area contributed by atoms with E-state index in [0.29, 0.717) is 6.61 Å². The number of benzene rings is 3. The summed E-state index contributed by atoms with van der Waals surface area (Å²) in [5.74, 6) is -0.361. The van der Waals surface area contributed by atoms with Gasteiger partial charge < -0.3 is 9.30 Å². The van der Waals surface area contributed by atoms with Gasteiger partial charge in [-0.15, -0.1) is 0 Å². The van der Waals surface area contributed by atoms with Crippen LogP contribution in [0.1, 0.15) is 36.2 Å². The van der Waals surface area contributed by atoms with E-state index < -0.39 is 5.54 Å². The molecule has 32 heavy (non-hydrogen) atoms. The molecular weight excluding hydrogens is 396 g/mol. The molecule has 0 unspecified atom stereocenters. The van der Waals surface area contributed by atoms with Gasteiger partial charge in [-0.2, -0.15) is 0 Å². The van der Waals surface area contributed by atoms with Crippen LogP contribution in [-0.2, 0) is 15.1 Å². The Morgan fingerprint density at radius 2 is 1.34 bits per heavy atom. The third-order valence-electron chi connectivity index (χ3n) is 5.57. The van der Waals surface area contributed by atoms with Crippen LogP contribution in [0.3, 0.4) is 0 Å². The van der Waals surface area contributed by atoms with Gasteiger partial charge in [-0.1, -0.05) is 91.0 Å². The van der Waals surface area contributed by atoms with Crippen LogP contribution in [0.5, 0.6) is 0 Å². The summed E-state index contributed by atoms with van der Waals surface area (Å²) in [6.07, 6.45) is 5.33. The Hall–Kier alpha value is -3.92. The van der Waals surface area contributed by atoms with Gasteiger partial charge in [-0.25, -0.2) is 9.78 Å². The minimum Gasteiger partial charge on any atom is -0.463 e. The van der Waals surface area contributed by atoms with Crippen molar-refractivity contribution in [2.75, 3.05) is 6.61 Å². The third-order valence-corrected chi connectivity index (χ3v) is 5.57. The molecule has 4 heteroatoms. The van der Waals surface area contributed by atoms with Gasteiger partial charge in [0.25, 0.3) is 0 Å². The first-order valence-electron chi connectivity index (χ1n) is 10.7. The van der Waals surface area contributed by atoms with Crippen LogP contribution in [0.25, 0.3) is 5.57 Å². The summed E-state index contributed by atoms with van der Waals surface area (Å²) in [4.78, 5) is 16.6. The number of carbonyl (C=O) groups excluding carboxylic acids is 1. The first-order valence-corrected chi connectivity index (χ1v) is 10.7. The second-order valence-electron chi connectivity index (χ2n) is 7.55.